The van der Waals surface area contributed by atoms with Gasteiger partial charge in [-0.3, -0.25) is 0 Å². The van der Waals surface area contributed by atoms with Gasteiger partial charge in [0.05, 0.1) is 0 Å². The first-order valence-electron chi connectivity index (χ1n) is 4.92. The van der Waals surface area contributed by atoms with Crippen LogP contribution in [0.2, 0.25) is 0 Å². The van der Waals surface area contributed by atoms with E-state index in [1.54, 1.807) is 11.8 Å². The maximum absolute atomic E-state index is 8.66. The van der Waals surface area contributed by atoms with Crippen molar-refractivity contribution < 1.29 is 5.21 Å². The van der Waals surface area contributed by atoms with E-state index < -0.39 is 0 Å². The smallest absolute Gasteiger partial charge is 0.171 e. The molecule has 0 bridgehead atoms. The third-order valence-electron chi connectivity index (χ3n) is 2.17. The van der Waals surface area contributed by atoms with Crippen LogP contribution in [0.3, 0.4) is 0 Å². The average Bonchev–Trinajstić information content (AvgIpc) is 2.28. The zero-order valence-corrected chi connectivity index (χ0v) is 9.79. The molecule has 0 aromatic heterocycles. The van der Waals surface area contributed by atoms with Gasteiger partial charge in [-0.1, -0.05) is 37.2 Å². The number of nitrogens with two attached hydrogens (primary N) is 1. The molecule has 0 amide bonds. The van der Waals surface area contributed by atoms with Crippen molar-refractivity contribution in [3.05, 3.63) is 29.8 Å². The first kappa shape index (κ1) is 11.9. The Morgan fingerprint density at radius 3 is 2.80 bits per heavy atom. The highest BCUT2D eigenvalue weighted by Crippen LogP contribution is 2.27. The summed E-state index contributed by atoms with van der Waals surface area (Å²) in [6.07, 6.45) is 1.09. The molecule has 0 radical (unpaired) electrons. The molecule has 0 spiro atoms. The molecule has 0 heterocycles. The third-order valence-corrected chi connectivity index (χ3v) is 3.52. The Morgan fingerprint density at radius 2 is 2.20 bits per heavy atom. The summed E-state index contributed by atoms with van der Waals surface area (Å²) in [4.78, 5) is 1.06. The minimum atomic E-state index is 0.168. The second kappa shape index (κ2) is 5.66. The quantitative estimate of drug-likeness (QED) is 0.272. The maximum atomic E-state index is 8.66. The molecular weight excluding hydrogens is 208 g/mol. The zero-order chi connectivity index (χ0) is 11.3. The highest BCUT2D eigenvalue weighted by molar-refractivity contribution is 8.00. The lowest BCUT2D eigenvalue weighted by molar-refractivity contribution is 0.318. The minimum absolute atomic E-state index is 0.168. The van der Waals surface area contributed by atoms with Gasteiger partial charge in [-0.05, 0) is 12.5 Å². The Morgan fingerprint density at radius 1 is 1.53 bits per heavy atom. The van der Waals surface area contributed by atoms with E-state index in [2.05, 4.69) is 19.0 Å². The van der Waals surface area contributed by atoms with Crippen molar-refractivity contribution in [2.24, 2.45) is 10.9 Å². The van der Waals surface area contributed by atoms with Gasteiger partial charge < -0.3 is 10.9 Å². The Kier molecular flexibility index (Phi) is 4.49. The number of hydrogen-bond donors (Lipinski definition) is 2. The number of hydrogen-bond acceptors (Lipinski definition) is 3. The van der Waals surface area contributed by atoms with E-state index in [0.29, 0.717) is 5.25 Å². The minimum Gasteiger partial charge on any atom is -0.409 e. The SMILES string of the molecule is CCC(C)Sc1ccccc1/C(N)=N/O. The lowest BCUT2D eigenvalue weighted by Gasteiger charge is -2.11. The fourth-order valence-electron chi connectivity index (χ4n) is 1.13. The largest absolute Gasteiger partial charge is 0.409 e. The molecule has 1 rings (SSSR count). The van der Waals surface area contributed by atoms with Crippen LogP contribution in [0, 0.1) is 0 Å². The molecule has 1 atom stereocenters. The van der Waals surface area contributed by atoms with Crippen LogP contribution < -0.4 is 5.73 Å². The van der Waals surface area contributed by atoms with Gasteiger partial charge in [-0.2, -0.15) is 0 Å². The van der Waals surface area contributed by atoms with Gasteiger partial charge in [-0.15, -0.1) is 11.8 Å². The number of thioether (sulfide) groups is 1. The van der Waals surface area contributed by atoms with E-state index >= 15 is 0 Å². The van der Waals surface area contributed by atoms with Gasteiger partial charge in [-0.25, -0.2) is 0 Å². The molecule has 82 valence electrons. The van der Waals surface area contributed by atoms with Gasteiger partial charge in [0.1, 0.15) is 0 Å². The molecule has 3 nitrogen and oxygen atoms in total. The lowest BCUT2D eigenvalue weighted by Crippen LogP contribution is -2.14. The summed E-state index contributed by atoms with van der Waals surface area (Å²) in [5, 5.41) is 12.2. The molecule has 0 saturated carbocycles. The van der Waals surface area contributed by atoms with Crippen LogP contribution in [0.25, 0.3) is 0 Å². The molecule has 4 heteroatoms. The summed E-state index contributed by atoms with van der Waals surface area (Å²) in [5.74, 6) is 0.168. The molecule has 1 aromatic carbocycles. The van der Waals surface area contributed by atoms with E-state index in [4.69, 9.17) is 10.9 Å². The fraction of sp³-hybridized carbons (Fsp3) is 0.364. The highest BCUT2D eigenvalue weighted by atomic mass is 32.2. The van der Waals surface area contributed by atoms with Crippen molar-refractivity contribution in [3.8, 4) is 0 Å². The van der Waals surface area contributed by atoms with Crippen molar-refractivity contribution in [2.75, 3.05) is 0 Å². The molecule has 1 unspecified atom stereocenters. The summed E-state index contributed by atoms with van der Waals surface area (Å²) in [5.41, 5.74) is 6.40. The van der Waals surface area contributed by atoms with Crippen LogP contribution in [0.4, 0.5) is 0 Å². The van der Waals surface area contributed by atoms with Crippen LogP contribution in [-0.2, 0) is 0 Å². The number of nitrogens with zero attached hydrogens (tertiary/aromatic N) is 1. The molecule has 15 heavy (non-hydrogen) atoms. The van der Waals surface area contributed by atoms with Crippen LogP contribution in [0.1, 0.15) is 25.8 Å². The lowest BCUT2D eigenvalue weighted by atomic mass is 10.2. The Labute approximate surface area is 94.4 Å². The second-order valence-electron chi connectivity index (χ2n) is 3.32. The molecule has 3 N–H and O–H groups in total. The predicted molar refractivity (Wildman–Crippen MR) is 64.6 cm³/mol. The Balaban J connectivity index is 2.96. The first-order valence-corrected chi connectivity index (χ1v) is 5.80. The molecule has 0 aliphatic heterocycles. The normalized spacial score (nSPS) is 13.9. The monoisotopic (exact) mass is 224 g/mol. The molecule has 0 aliphatic carbocycles. The Hall–Kier alpha value is -1.16. The number of oxime groups is 1. The highest BCUT2D eigenvalue weighted by Gasteiger charge is 2.09. The fourth-order valence-corrected chi connectivity index (χ4v) is 2.19. The van der Waals surface area contributed by atoms with Crippen molar-refractivity contribution >= 4 is 17.6 Å². The van der Waals surface area contributed by atoms with Gasteiger partial charge in [0.15, 0.2) is 5.84 Å². The second-order valence-corrected chi connectivity index (χ2v) is 4.80. The van der Waals surface area contributed by atoms with Gasteiger partial charge >= 0.3 is 0 Å². The van der Waals surface area contributed by atoms with Gasteiger partial charge in [0.25, 0.3) is 0 Å². The zero-order valence-electron chi connectivity index (χ0n) is 8.97. The molecule has 0 saturated heterocycles. The van der Waals surface area contributed by atoms with Crippen molar-refractivity contribution in [1.29, 1.82) is 0 Å². The number of rotatable bonds is 4. The average molecular weight is 224 g/mol. The maximum Gasteiger partial charge on any atom is 0.171 e. The van der Waals surface area contributed by atoms with Crippen LogP contribution in [-0.4, -0.2) is 16.3 Å². The van der Waals surface area contributed by atoms with Crippen LogP contribution >= 0.6 is 11.8 Å². The van der Waals surface area contributed by atoms with Gasteiger partial charge in [0.2, 0.25) is 0 Å². The molecule has 1 aromatic rings. The Bertz CT molecular complexity index is 352. The van der Waals surface area contributed by atoms with E-state index in [0.717, 1.165) is 16.9 Å². The van der Waals surface area contributed by atoms with Crippen LogP contribution in [0.15, 0.2) is 34.3 Å². The van der Waals surface area contributed by atoms with E-state index in [-0.39, 0.29) is 5.84 Å². The topological polar surface area (TPSA) is 58.6 Å². The van der Waals surface area contributed by atoms with Crippen molar-refractivity contribution in [1.82, 2.24) is 0 Å². The van der Waals surface area contributed by atoms with E-state index in [1.807, 2.05) is 24.3 Å². The summed E-state index contributed by atoms with van der Waals surface area (Å²) in [7, 11) is 0. The van der Waals surface area contributed by atoms with E-state index in [1.165, 1.54) is 0 Å². The van der Waals surface area contributed by atoms with Crippen molar-refractivity contribution in [3.63, 3.8) is 0 Å². The van der Waals surface area contributed by atoms with Crippen LogP contribution in [0.5, 0.6) is 0 Å². The van der Waals surface area contributed by atoms with E-state index in [9.17, 15) is 0 Å². The number of benzene rings is 1. The first-order chi connectivity index (χ1) is 7.19. The summed E-state index contributed by atoms with van der Waals surface area (Å²) in [6.45, 7) is 4.30. The molecule has 0 aliphatic rings. The molecule has 0 fully saturated rings. The standard InChI is InChI=1S/C11H16N2OS/c1-3-8(2)15-10-7-5-4-6-9(10)11(12)13-14/h4-8,14H,3H2,1-2H3,(H2,12,13). The molecular formula is C11H16N2OS. The third kappa shape index (κ3) is 3.16. The summed E-state index contributed by atoms with van der Waals surface area (Å²) >= 11 is 1.74. The summed E-state index contributed by atoms with van der Waals surface area (Å²) in [6, 6.07) is 7.69. The van der Waals surface area contributed by atoms with Crippen molar-refractivity contribution in [2.45, 2.75) is 30.4 Å². The van der Waals surface area contributed by atoms with Gasteiger partial charge in [0, 0.05) is 15.7 Å². The summed E-state index contributed by atoms with van der Waals surface area (Å²) < 4.78 is 0. The number of amidine groups is 1. The predicted octanol–water partition coefficient (Wildman–Crippen LogP) is 2.67.